The molecule has 0 aliphatic carbocycles. The lowest BCUT2D eigenvalue weighted by molar-refractivity contribution is 1.18. The van der Waals surface area contributed by atoms with E-state index in [2.05, 4.69) is 4.98 Å². The van der Waals surface area contributed by atoms with Crippen molar-refractivity contribution in [2.45, 2.75) is 0 Å². The summed E-state index contributed by atoms with van der Waals surface area (Å²) in [5.74, 6) is 0. The van der Waals surface area contributed by atoms with Gasteiger partial charge in [0.15, 0.2) is 0 Å². The summed E-state index contributed by atoms with van der Waals surface area (Å²) < 4.78 is 123. The highest BCUT2D eigenvalue weighted by Crippen LogP contribution is 2.36. The molecular weight excluding hydrogens is 388 g/mol. The zero-order valence-electron chi connectivity index (χ0n) is 30.3. The van der Waals surface area contributed by atoms with Crippen LogP contribution in [0, 0.1) is 0 Å². The Kier molecular flexibility index (Phi) is 1.79. The molecule has 0 atom stereocenters. The maximum absolute atomic E-state index is 9.40. The van der Waals surface area contributed by atoms with E-state index in [0.717, 1.165) is 0 Å². The van der Waals surface area contributed by atoms with E-state index in [1.165, 1.54) is 4.57 Å². The maximum Gasteiger partial charge on any atom is 0.0652 e. The average molecular weight is 423 g/mol. The van der Waals surface area contributed by atoms with Gasteiger partial charge in [-0.15, -0.1) is 0 Å². The van der Waals surface area contributed by atoms with E-state index in [1.807, 2.05) is 0 Å². The molecule has 2 heterocycles. The second-order valence-electron chi connectivity index (χ2n) is 7.24. The molecule has 7 rings (SSSR count). The van der Waals surface area contributed by atoms with Crippen molar-refractivity contribution in [1.82, 2.24) is 9.55 Å². The molecule has 32 heavy (non-hydrogen) atoms. The topological polar surface area (TPSA) is 20.7 Å². The molecular formula is C30H20N2. The van der Waals surface area contributed by atoms with Gasteiger partial charge in [-0.3, -0.25) is 0 Å². The highest BCUT2D eigenvalue weighted by Gasteiger charge is 2.13. The number of benzene rings is 5. The van der Waals surface area contributed by atoms with Crippen molar-refractivity contribution in [3.05, 3.63) is 115 Å². The SMILES string of the molecule is [2H]c1c([2H])c([2H])c2c([nH]c3c([2H])c(-c4c([2H])c([2H])c5c6c([2H])c([2H])c([2H])c([2H])c6n(-c6ccccc6)c5c4[2H])c([2H])c([2H])c32)c1[2H]. The lowest BCUT2D eigenvalue weighted by Gasteiger charge is -2.09. The van der Waals surface area contributed by atoms with Crippen molar-refractivity contribution in [2.75, 3.05) is 0 Å². The second kappa shape index (κ2) is 6.60. The molecule has 0 aliphatic rings. The minimum atomic E-state index is -0.599. The van der Waals surface area contributed by atoms with Crippen LogP contribution in [0.4, 0.5) is 0 Å². The van der Waals surface area contributed by atoms with Gasteiger partial charge in [0.05, 0.1) is 30.2 Å². The highest BCUT2D eigenvalue weighted by atomic mass is 15.0. The van der Waals surface area contributed by atoms with E-state index < -0.39 is 84.6 Å². The van der Waals surface area contributed by atoms with Crippen molar-refractivity contribution in [2.24, 2.45) is 0 Å². The van der Waals surface area contributed by atoms with E-state index in [0.29, 0.717) is 5.69 Å². The molecule has 2 heteroatoms. The van der Waals surface area contributed by atoms with Gasteiger partial charge >= 0.3 is 0 Å². The Hall–Kier alpha value is -4.30. The summed E-state index contributed by atoms with van der Waals surface area (Å²) in [6.07, 6.45) is 0. The fourth-order valence-electron chi connectivity index (χ4n) is 4.00. The number of aromatic amines is 1. The van der Waals surface area contributed by atoms with Gasteiger partial charge in [-0.2, -0.15) is 0 Å². The number of hydrogen-bond acceptors (Lipinski definition) is 0. The van der Waals surface area contributed by atoms with Gasteiger partial charge in [0, 0.05) is 38.3 Å². The van der Waals surface area contributed by atoms with Crippen LogP contribution in [0.5, 0.6) is 0 Å². The summed E-state index contributed by atoms with van der Waals surface area (Å²) in [6.45, 7) is 0. The van der Waals surface area contributed by atoms with Gasteiger partial charge in [0.25, 0.3) is 0 Å². The molecule has 2 nitrogen and oxygen atoms in total. The molecule has 5 aromatic carbocycles. The van der Waals surface area contributed by atoms with Crippen molar-refractivity contribution in [3.8, 4) is 16.8 Å². The third-order valence-corrected chi connectivity index (χ3v) is 5.42. The molecule has 150 valence electrons. The molecule has 0 bridgehead atoms. The zero-order chi connectivity index (χ0) is 33.3. The smallest absolute Gasteiger partial charge is 0.0652 e. The van der Waals surface area contributed by atoms with E-state index >= 15 is 0 Å². The normalized spacial score (nSPS) is 17.9. The summed E-state index contributed by atoms with van der Waals surface area (Å²) in [5.41, 5.74) is -0.542. The monoisotopic (exact) mass is 422 g/mol. The lowest BCUT2D eigenvalue weighted by atomic mass is 10.0. The first-order chi connectivity index (χ1) is 21.7. The largest absolute Gasteiger partial charge is 0.354 e. The van der Waals surface area contributed by atoms with E-state index in [4.69, 9.17) is 17.8 Å². The number of hydrogen-bond donors (Lipinski definition) is 1. The van der Waals surface area contributed by atoms with Gasteiger partial charge in [-0.25, -0.2) is 0 Å². The second-order valence-corrected chi connectivity index (χ2v) is 7.24. The van der Waals surface area contributed by atoms with Crippen molar-refractivity contribution >= 4 is 43.6 Å². The molecule has 0 saturated heterocycles. The zero-order valence-corrected chi connectivity index (χ0v) is 16.3. The Bertz CT molecular complexity index is 2520. The van der Waals surface area contributed by atoms with Gasteiger partial charge in [0.1, 0.15) is 0 Å². The number of rotatable bonds is 2. The first-order valence-electron chi connectivity index (χ1n) is 16.8. The fraction of sp³-hybridized carbons (Fsp3) is 0. The molecule has 0 amide bonds. The Morgan fingerprint density at radius 2 is 1.22 bits per heavy atom. The summed E-state index contributed by atoms with van der Waals surface area (Å²) in [7, 11) is 0. The standard InChI is InChI=1S/C30H20N2/c1-2-8-22(9-3-1)32-29-13-7-5-11-25(29)26-17-15-21(19-30(26)32)20-14-16-24-23-10-4-6-12-27(23)31-28(24)18-20/h1-19,31H/i4D,5D,6D,7D,10D,11D,12D,13D,14D,15D,16D,17D,18D,19D. The predicted molar refractivity (Wildman–Crippen MR) is 136 cm³/mol. The van der Waals surface area contributed by atoms with Crippen LogP contribution in [0.1, 0.15) is 19.2 Å². The van der Waals surface area contributed by atoms with E-state index in [-0.39, 0.29) is 54.7 Å². The Balaban J connectivity index is 1.72. The minimum absolute atomic E-state index is 0.0152. The molecule has 7 aromatic rings. The minimum Gasteiger partial charge on any atom is -0.354 e. The first-order valence-corrected chi connectivity index (χ1v) is 9.83. The van der Waals surface area contributed by atoms with Crippen molar-refractivity contribution < 1.29 is 19.2 Å². The Morgan fingerprint density at radius 1 is 0.562 bits per heavy atom. The molecule has 0 fully saturated rings. The first kappa shape index (κ1) is 8.68. The molecule has 0 spiro atoms. The van der Waals surface area contributed by atoms with Crippen LogP contribution in [-0.2, 0) is 0 Å². The van der Waals surface area contributed by atoms with Gasteiger partial charge in [-0.05, 0) is 47.4 Å². The van der Waals surface area contributed by atoms with Crippen molar-refractivity contribution in [3.63, 3.8) is 0 Å². The molecule has 0 unspecified atom stereocenters. The molecule has 1 N–H and O–H groups in total. The summed E-state index contributed by atoms with van der Waals surface area (Å²) >= 11 is 0. The average Bonchev–Trinajstić information content (AvgIpc) is 3.63. The molecule has 0 radical (unpaired) electrons. The van der Waals surface area contributed by atoms with E-state index in [9.17, 15) is 1.37 Å². The van der Waals surface area contributed by atoms with Crippen LogP contribution < -0.4 is 0 Å². The quantitative estimate of drug-likeness (QED) is 0.291. The third-order valence-electron chi connectivity index (χ3n) is 5.42. The Labute approximate surface area is 205 Å². The van der Waals surface area contributed by atoms with Gasteiger partial charge in [0.2, 0.25) is 0 Å². The fourth-order valence-corrected chi connectivity index (χ4v) is 4.00. The van der Waals surface area contributed by atoms with Crippen LogP contribution in [0.2, 0.25) is 0 Å². The van der Waals surface area contributed by atoms with E-state index in [1.54, 1.807) is 30.3 Å². The van der Waals surface area contributed by atoms with Gasteiger partial charge < -0.3 is 9.55 Å². The number of fused-ring (bicyclic) bond motifs is 6. The number of nitrogens with zero attached hydrogens (tertiary/aromatic N) is 1. The van der Waals surface area contributed by atoms with Crippen LogP contribution in [-0.4, -0.2) is 9.55 Å². The highest BCUT2D eigenvalue weighted by molar-refractivity contribution is 6.11. The molecule has 0 aliphatic heterocycles. The maximum atomic E-state index is 9.40. The van der Waals surface area contributed by atoms with Crippen LogP contribution in [0.25, 0.3) is 60.4 Å². The summed E-state index contributed by atoms with van der Waals surface area (Å²) in [5, 5.41) is -0.297. The Morgan fingerprint density at radius 3 is 2.09 bits per heavy atom. The van der Waals surface area contributed by atoms with Crippen LogP contribution in [0.15, 0.2) is 115 Å². The number of para-hydroxylation sites is 3. The molecule has 0 saturated carbocycles. The van der Waals surface area contributed by atoms with Crippen LogP contribution in [0.3, 0.4) is 0 Å². The van der Waals surface area contributed by atoms with Gasteiger partial charge in [-0.1, -0.05) is 78.6 Å². The number of nitrogens with one attached hydrogen (secondary N) is 1. The summed E-state index contributed by atoms with van der Waals surface area (Å²) in [6, 6.07) is 1.40. The summed E-state index contributed by atoms with van der Waals surface area (Å²) in [4.78, 5) is 2.81. The predicted octanol–water partition coefficient (Wildman–Crippen LogP) is 8.09. The number of aromatic nitrogens is 2. The van der Waals surface area contributed by atoms with Crippen LogP contribution >= 0.6 is 0 Å². The lowest BCUT2D eigenvalue weighted by Crippen LogP contribution is -1.93. The number of H-pyrrole nitrogens is 1. The molecule has 2 aromatic heterocycles. The van der Waals surface area contributed by atoms with Crippen molar-refractivity contribution in [1.29, 1.82) is 0 Å². The third kappa shape index (κ3) is 2.47.